The highest BCUT2D eigenvalue weighted by Gasteiger charge is 2.34. The molecular formula is C14H20FN3O3S. The maximum absolute atomic E-state index is 13.4. The van der Waals surface area contributed by atoms with E-state index in [0.717, 1.165) is 0 Å². The molecule has 6 nitrogen and oxygen atoms in total. The number of aliphatic hydroxyl groups is 1. The fraction of sp³-hybridized carbons (Fsp3) is 0.643. The smallest absolute Gasteiger partial charge is 0.229 e. The van der Waals surface area contributed by atoms with Gasteiger partial charge in [0.15, 0.2) is 5.13 Å². The second kappa shape index (κ2) is 7.15. The molecule has 1 fully saturated rings. The summed E-state index contributed by atoms with van der Waals surface area (Å²) in [7, 11) is 0. The van der Waals surface area contributed by atoms with Crippen LogP contribution < -0.4 is 5.32 Å². The van der Waals surface area contributed by atoms with Crippen molar-refractivity contribution in [2.24, 2.45) is 5.92 Å². The fourth-order valence-corrected chi connectivity index (χ4v) is 3.00. The maximum atomic E-state index is 13.4. The Hall–Kier alpha value is -1.54. The van der Waals surface area contributed by atoms with Gasteiger partial charge in [0.1, 0.15) is 6.17 Å². The Labute approximate surface area is 132 Å². The Bertz CT molecular complexity index is 549. The van der Waals surface area contributed by atoms with Crippen LogP contribution in [0.4, 0.5) is 9.52 Å². The molecule has 0 unspecified atom stereocenters. The van der Waals surface area contributed by atoms with Crippen LogP contribution in [-0.2, 0) is 16.0 Å². The molecule has 8 heteroatoms. The lowest BCUT2D eigenvalue weighted by Gasteiger charge is -2.22. The summed E-state index contributed by atoms with van der Waals surface area (Å²) >= 11 is 1.25. The third kappa shape index (κ3) is 4.01. The molecule has 0 aliphatic carbocycles. The Kier molecular flexibility index (Phi) is 5.47. The summed E-state index contributed by atoms with van der Waals surface area (Å²) in [5.41, 5.74) is 0.535. The third-order valence-electron chi connectivity index (χ3n) is 3.53. The van der Waals surface area contributed by atoms with E-state index < -0.39 is 12.2 Å². The second-order valence-corrected chi connectivity index (χ2v) is 6.54. The number of carbonyl (C=O) groups excluding carboxylic acids is 2. The molecule has 0 bridgehead atoms. The van der Waals surface area contributed by atoms with E-state index in [9.17, 15) is 19.1 Å². The number of hydrogen-bond donors (Lipinski definition) is 2. The van der Waals surface area contributed by atoms with Crippen LogP contribution in [0.2, 0.25) is 0 Å². The lowest BCUT2D eigenvalue weighted by Crippen LogP contribution is -2.38. The van der Waals surface area contributed by atoms with Crippen LogP contribution in [0, 0.1) is 5.92 Å². The molecule has 22 heavy (non-hydrogen) atoms. The van der Waals surface area contributed by atoms with E-state index in [1.807, 2.05) is 0 Å². The highest BCUT2D eigenvalue weighted by molar-refractivity contribution is 7.13. The standard InChI is InChI=1S/C14H20FN3O3S/c1-8(2)13(21)17-14-16-10(7-22-14)4-12(20)18-5-9(15)3-11(18)6-19/h7-9,11,19H,3-6H2,1-2H3,(H,16,17,21)/t9-,11-/m0/s1. The highest BCUT2D eigenvalue weighted by atomic mass is 32.1. The number of aromatic nitrogens is 1. The number of alkyl halides is 1. The van der Waals surface area contributed by atoms with E-state index in [1.54, 1.807) is 19.2 Å². The van der Waals surface area contributed by atoms with Gasteiger partial charge in [0.05, 0.1) is 31.3 Å². The summed E-state index contributed by atoms with van der Waals surface area (Å²) in [5.74, 6) is -0.538. The van der Waals surface area contributed by atoms with Crippen molar-refractivity contribution < 1.29 is 19.1 Å². The van der Waals surface area contributed by atoms with Gasteiger partial charge in [-0.15, -0.1) is 11.3 Å². The van der Waals surface area contributed by atoms with Crippen molar-refractivity contribution in [2.45, 2.75) is 38.9 Å². The predicted octanol–water partition coefficient (Wildman–Crippen LogP) is 1.21. The molecule has 1 aliphatic heterocycles. The summed E-state index contributed by atoms with van der Waals surface area (Å²) < 4.78 is 13.4. The van der Waals surface area contributed by atoms with E-state index in [4.69, 9.17) is 0 Å². The molecule has 0 radical (unpaired) electrons. The first kappa shape index (κ1) is 16.8. The van der Waals surface area contributed by atoms with Crippen molar-refractivity contribution in [2.75, 3.05) is 18.5 Å². The number of halogens is 1. The molecule has 1 aromatic rings. The quantitative estimate of drug-likeness (QED) is 0.851. The molecule has 2 amide bonds. The van der Waals surface area contributed by atoms with Gasteiger partial charge in [0, 0.05) is 17.7 Å². The SMILES string of the molecule is CC(C)C(=O)Nc1nc(CC(=O)N2C[C@@H](F)C[C@H]2CO)cs1. The minimum atomic E-state index is -1.09. The van der Waals surface area contributed by atoms with Gasteiger partial charge in [-0.1, -0.05) is 13.8 Å². The number of hydrogen-bond acceptors (Lipinski definition) is 5. The first-order valence-corrected chi connectivity index (χ1v) is 8.08. The van der Waals surface area contributed by atoms with Crippen molar-refractivity contribution in [3.63, 3.8) is 0 Å². The summed E-state index contributed by atoms with van der Waals surface area (Å²) in [6.07, 6.45) is -0.871. The van der Waals surface area contributed by atoms with Crippen molar-refractivity contribution in [3.8, 4) is 0 Å². The van der Waals surface area contributed by atoms with Gasteiger partial charge >= 0.3 is 0 Å². The minimum absolute atomic E-state index is 0.0190. The van der Waals surface area contributed by atoms with Gasteiger partial charge in [-0.25, -0.2) is 9.37 Å². The number of rotatable bonds is 5. The van der Waals surface area contributed by atoms with E-state index in [2.05, 4.69) is 10.3 Å². The van der Waals surface area contributed by atoms with Crippen molar-refractivity contribution >= 4 is 28.3 Å². The van der Waals surface area contributed by atoms with Crippen molar-refractivity contribution in [1.29, 1.82) is 0 Å². The highest BCUT2D eigenvalue weighted by Crippen LogP contribution is 2.22. The Balaban J connectivity index is 1.95. The van der Waals surface area contributed by atoms with Crippen LogP contribution in [0.3, 0.4) is 0 Å². The number of likely N-dealkylation sites (tertiary alicyclic amines) is 1. The summed E-state index contributed by atoms with van der Waals surface area (Å²) in [6.45, 7) is 3.34. The molecule has 2 heterocycles. The fourth-order valence-electron chi connectivity index (χ4n) is 2.29. The number of nitrogens with one attached hydrogen (secondary N) is 1. The zero-order valence-corrected chi connectivity index (χ0v) is 13.4. The molecule has 122 valence electrons. The normalized spacial score (nSPS) is 21.4. The lowest BCUT2D eigenvalue weighted by molar-refractivity contribution is -0.132. The lowest BCUT2D eigenvalue weighted by atomic mass is 10.2. The van der Waals surface area contributed by atoms with Gasteiger partial charge in [-0.2, -0.15) is 0 Å². The number of amides is 2. The molecule has 2 N–H and O–H groups in total. The Morgan fingerprint density at radius 2 is 2.32 bits per heavy atom. The molecule has 0 saturated carbocycles. The average molecular weight is 329 g/mol. The monoisotopic (exact) mass is 329 g/mol. The molecule has 2 rings (SSSR count). The molecule has 1 aromatic heterocycles. The average Bonchev–Trinajstić information content (AvgIpc) is 3.05. The number of anilines is 1. The van der Waals surface area contributed by atoms with Gasteiger partial charge in [0.25, 0.3) is 0 Å². The third-order valence-corrected chi connectivity index (χ3v) is 4.34. The second-order valence-electron chi connectivity index (χ2n) is 5.68. The number of thiazole rings is 1. The first-order chi connectivity index (χ1) is 10.4. The first-order valence-electron chi connectivity index (χ1n) is 7.20. The van der Waals surface area contributed by atoms with Crippen molar-refractivity contribution in [1.82, 2.24) is 9.88 Å². The van der Waals surface area contributed by atoms with Gasteiger partial charge in [-0.05, 0) is 0 Å². The molecule has 1 saturated heterocycles. The van der Waals surface area contributed by atoms with Gasteiger partial charge in [0.2, 0.25) is 11.8 Å². The maximum Gasteiger partial charge on any atom is 0.229 e. The Morgan fingerprint density at radius 1 is 1.59 bits per heavy atom. The van der Waals surface area contributed by atoms with E-state index in [-0.39, 0.29) is 43.7 Å². The van der Waals surface area contributed by atoms with Crippen LogP contribution in [0.25, 0.3) is 0 Å². The van der Waals surface area contributed by atoms with Crippen LogP contribution in [0.1, 0.15) is 26.0 Å². The van der Waals surface area contributed by atoms with E-state index in [0.29, 0.717) is 10.8 Å². The minimum Gasteiger partial charge on any atom is -0.394 e. The molecule has 2 atom stereocenters. The summed E-state index contributed by atoms with van der Waals surface area (Å²) in [6, 6.07) is -0.457. The van der Waals surface area contributed by atoms with Gasteiger partial charge in [-0.3, -0.25) is 9.59 Å². The zero-order chi connectivity index (χ0) is 16.3. The molecule has 0 aromatic carbocycles. The van der Waals surface area contributed by atoms with E-state index in [1.165, 1.54) is 16.2 Å². The van der Waals surface area contributed by atoms with Crippen LogP contribution in [0.5, 0.6) is 0 Å². The van der Waals surface area contributed by atoms with Crippen LogP contribution in [0.15, 0.2) is 5.38 Å². The topological polar surface area (TPSA) is 82.5 Å². The number of carbonyl (C=O) groups is 2. The molecular weight excluding hydrogens is 309 g/mol. The van der Waals surface area contributed by atoms with Crippen LogP contribution >= 0.6 is 11.3 Å². The Morgan fingerprint density at radius 3 is 2.95 bits per heavy atom. The molecule has 0 spiro atoms. The van der Waals surface area contributed by atoms with Gasteiger partial charge < -0.3 is 15.3 Å². The number of nitrogens with zero attached hydrogens (tertiary/aromatic N) is 2. The largest absolute Gasteiger partial charge is 0.394 e. The molecule has 1 aliphatic rings. The summed E-state index contributed by atoms with van der Waals surface area (Å²) in [5, 5.41) is 14.0. The van der Waals surface area contributed by atoms with Crippen molar-refractivity contribution in [3.05, 3.63) is 11.1 Å². The zero-order valence-electron chi connectivity index (χ0n) is 12.6. The predicted molar refractivity (Wildman–Crippen MR) is 81.4 cm³/mol. The van der Waals surface area contributed by atoms with E-state index >= 15 is 0 Å². The summed E-state index contributed by atoms with van der Waals surface area (Å²) in [4.78, 5) is 29.3. The number of aliphatic hydroxyl groups excluding tert-OH is 1. The van der Waals surface area contributed by atoms with Crippen LogP contribution in [-0.4, -0.2) is 52.2 Å².